The zero-order valence-corrected chi connectivity index (χ0v) is 24.3. The molecule has 0 bridgehead atoms. The number of piperazine rings is 1. The summed E-state index contributed by atoms with van der Waals surface area (Å²) >= 11 is 0. The zero-order valence-electron chi connectivity index (χ0n) is 24.3. The van der Waals surface area contributed by atoms with Crippen molar-refractivity contribution < 1.29 is 9.53 Å². The molecule has 1 amide bonds. The third-order valence-corrected chi connectivity index (χ3v) is 8.09. The Hall–Kier alpha value is -4.77. The van der Waals surface area contributed by atoms with Crippen LogP contribution in [0.2, 0.25) is 0 Å². The average Bonchev–Trinajstić information content (AvgIpc) is 3.06. The van der Waals surface area contributed by atoms with Gasteiger partial charge >= 0.3 is 0 Å². The van der Waals surface area contributed by atoms with Crippen molar-refractivity contribution in [3.63, 3.8) is 0 Å². The smallest absolute Gasteiger partial charge is 0.278 e. The van der Waals surface area contributed by atoms with Gasteiger partial charge in [-0.15, -0.1) is 0 Å². The molecule has 2 saturated heterocycles. The molecule has 2 N–H and O–H groups in total. The Morgan fingerprint density at radius 3 is 2.72 bits per heavy atom. The van der Waals surface area contributed by atoms with Crippen molar-refractivity contribution in [2.75, 3.05) is 56.6 Å². The molecule has 11 nitrogen and oxygen atoms in total. The van der Waals surface area contributed by atoms with Gasteiger partial charge in [0.05, 0.1) is 19.0 Å². The predicted octanol–water partition coefficient (Wildman–Crippen LogP) is 3.44. The molecule has 1 unspecified atom stereocenters. The van der Waals surface area contributed by atoms with Crippen molar-refractivity contribution in [1.82, 2.24) is 29.7 Å². The highest BCUT2D eigenvalue weighted by Gasteiger charge is 2.25. The van der Waals surface area contributed by atoms with Crippen LogP contribution in [0.1, 0.15) is 12.8 Å². The first-order valence-electron chi connectivity index (χ1n) is 14.7. The summed E-state index contributed by atoms with van der Waals surface area (Å²) in [6.07, 6.45) is 4.74. The number of fused-ring (bicyclic) bond motifs is 1. The van der Waals surface area contributed by atoms with Gasteiger partial charge in [0.15, 0.2) is 5.65 Å². The van der Waals surface area contributed by atoms with Gasteiger partial charge in [0.25, 0.3) is 5.56 Å². The Labute approximate surface area is 250 Å². The van der Waals surface area contributed by atoms with Crippen molar-refractivity contribution >= 4 is 34.4 Å². The van der Waals surface area contributed by atoms with Gasteiger partial charge < -0.3 is 25.2 Å². The number of hydrogen-bond acceptors (Lipinski definition) is 9. The molecule has 0 spiro atoms. The first kappa shape index (κ1) is 28.4. The maximum absolute atomic E-state index is 14.0. The lowest BCUT2D eigenvalue weighted by Gasteiger charge is -2.32. The Morgan fingerprint density at radius 1 is 1.14 bits per heavy atom. The minimum Gasteiger partial charge on any atom is -0.494 e. The van der Waals surface area contributed by atoms with E-state index in [1.165, 1.54) is 6.08 Å². The first-order chi connectivity index (χ1) is 21.0. The van der Waals surface area contributed by atoms with Crippen molar-refractivity contribution in [1.29, 1.82) is 0 Å². The maximum atomic E-state index is 14.0. The highest BCUT2D eigenvalue weighted by atomic mass is 16.5. The summed E-state index contributed by atoms with van der Waals surface area (Å²) in [7, 11) is 1.64. The summed E-state index contributed by atoms with van der Waals surface area (Å²) in [6, 6.07) is 15.4. The van der Waals surface area contributed by atoms with E-state index in [2.05, 4.69) is 33.2 Å². The number of piperidine rings is 1. The van der Waals surface area contributed by atoms with E-state index in [4.69, 9.17) is 14.7 Å². The van der Waals surface area contributed by atoms with Gasteiger partial charge in [-0.25, -0.2) is 9.97 Å². The van der Waals surface area contributed by atoms with Crippen molar-refractivity contribution in [3.8, 4) is 17.0 Å². The molecule has 6 rings (SSSR count). The molecule has 11 heteroatoms. The molecule has 2 aliphatic rings. The molecule has 2 aliphatic heterocycles. The zero-order chi connectivity index (χ0) is 29.8. The van der Waals surface area contributed by atoms with Gasteiger partial charge in [0, 0.05) is 63.1 Å². The number of rotatable bonds is 8. The Kier molecular flexibility index (Phi) is 8.32. The SMILES string of the molecule is C=CC(=O)N1CCCC(Cn2c(=O)c(-c3ccccc3)nc3cnc(Nc4ccc(N5CCNCC5)cc4OC)nc32)C1. The molecule has 43 heavy (non-hydrogen) atoms. The number of benzene rings is 2. The van der Waals surface area contributed by atoms with Gasteiger partial charge in [-0.2, -0.15) is 4.98 Å². The lowest BCUT2D eigenvalue weighted by atomic mass is 9.97. The fourth-order valence-electron chi connectivity index (χ4n) is 5.87. The van der Waals surface area contributed by atoms with E-state index in [-0.39, 0.29) is 17.4 Å². The number of amides is 1. The minimum absolute atomic E-state index is 0.0774. The molecule has 2 aromatic carbocycles. The normalized spacial score (nSPS) is 17.1. The van der Waals surface area contributed by atoms with Crippen LogP contribution in [0.25, 0.3) is 22.4 Å². The Morgan fingerprint density at radius 2 is 1.95 bits per heavy atom. The fourth-order valence-corrected chi connectivity index (χ4v) is 5.87. The second-order valence-corrected chi connectivity index (χ2v) is 10.9. The van der Waals surface area contributed by atoms with Crippen molar-refractivity contribution in [2.45, 2.75) is 19.4 Å². The average molecular weight is 581 g/mol. The first-order valence-corrected chi connectivity index (χ1v) is 14.7. The molecule has 1 atom stereocenters. The highest BCUT2D eigenvalue weighted by molar-refractivity contribution is 5.87. The summed E-state index contributed by atoms with van der Waals surface area (Å²) in [4.78, 5) is 44.5. The number of ether oxygens (including phenoxy) is 1. The van der Waals surface area contributed by atoms with Crippen LogP contribution in [0.3, 0.4) is 0 Å². The largest absolute Gasteiger partial charge is 0.494 e. The number of anilines is 3. The van der Waals surface area contributed by atoms with Gasteiger partial charge in [-0.3, -0.25) is 14.2 Å². The summed E-state index contributed by atoms with van der Waals surface area (Å²) in [6.45, 7) is 9.02. The quantitative estimate of drug-likeness (QED) is 0.302. The lowest BCUT2D eigenvalue weighted by molar-refractivity contribution is -0.127. The van der Waals surface area contributed by atoms with E-state index in [1.54, 1.807) is 22.8 Å². The number of carbonyl (C=O) groups excluding carboxylic acids is 1. The fraction of sp³-hybridized carbons (Fsp3) is 0.344. The van der Waals surface area contributed by atoms with Gasteiger partial charge in [-0.1, -0.05) is 36.9 Å². The van der Waals surface area contributed by atoms with Crippen LogP contribution in [0, 0.1) is 5.92 Å². The molecule has 0 saturated carbocycles. The maximum Gasteiger partial charge on any atom is 0.278 e. The molecular formula is C32H36N8O3. The molecule has 4 heterocycles. The summed E-state index contributed by atoms with van der Waals surface area (Å²) in [5, 5.41) is 6.66. The number of likely N-dealkylation sites (tertiary alicyclic amines) is 1. The molecule has 222 valence electrons. The summed E-state index contributed by atoms with van der Waals surface area (Å²) < 4.78 is 7.41. The van der Waals surface area contributed by atoms with Crippen LogP contribution in [-0.4, -0.2) is 76.7 Å². The Bertz CT molecular complexity index is 1680. The molecule has 2 aromatic heterocycles. The molecular weight excluding hydrogens is 544 g/mol. The monoisotopic (exact) mass is 580 g/mol. The van der Waals surface area contributed by atoms with Crippen LogP contribution in [0.5, 0.6) is 5.75 Å². The van der Waals surface area contributed by atoms with E-state index >= 15 is 0 Å². The lowest BCUT2D eigenvalue weighted by Crippen LogP contribution is -2.43. The van der Waals surface area contributed by atoms with Gasteiger partial charge in [-0.05, 0) is 37.0 Å². The number of nitrogens with zero attached hydrogens (tertiary/aromatic N) is 6. The second-order valence-electron chi connectivity index (χ2n) is 10.9. The molecule has 0 radical (unpaired) electrons. The number of aromatic nitrogens is 4. The molecule has 2 fully saturated rings. The second kappa shape index (κ2) is 12.6. The van der Waals surface area contributed by atoms with E-state index in [0.29, 0.717) is 53.9 Å². The highest BCUT2D eigenvalue weighted by Crippen LogP contribution is 2.32. The van der Waals surface area contributed by atoms with Crippen LogP contribution in [-0.2, 0) is 11.3 Å². The molecule has 0 aliphatic carbocycles. The van der Waals surface area contributed by atoms with Crippen LogP contribution >= 0.6 is 0 Å². The third-order valence-electron chi connectivity index (χ3n) is 8.09. The minimum atomic E-state index is -0.228. The van der Waals surface area contributed by atoms with Gasteiger partial charge in [0.2, 0.25) is 11.9 Å². The summed E-state index contributed by atoms with van der Waals surface area (Å²) in [5.41, 5.74) is 3.60. The number of hydrogen-bond donors (Lipinski definition) is 2. The standard InChI is InChI=1S/C32H36N8O3/c1-3-28(41)39-15-7-8-22(20-39)21-40-30-26(35-29(31(40)42)23-9-5-4-6-10-23)19-34-32(37-30)36-25-12-11-24(18-27(25)43-2)38-16-13-33-14-17-38/h3-6,9-12,18-19,22,33H,1,7-8,13-17,20-21H2,2H3,(H,34,36,37). The van der Waals surface area contributed by atoms with E-state index in [1.807, 2.05) is 42.5 Å². The number of methoxy groups -OCH3 is 1. The summed E-state index contributed by atoms with van der Waals surface area (Å²) in [5.74, 6) is 0.986. The van der Waals surface area contributed by atoms with Crippen molar-refractivity contribution in [2.24, 2.45) is 5.92 Å². The number of nitrogens with one attached hydrogen (secondary N) is 2. The third kappa shape index (κ3) is 6.07. The van der Waals surface area contributed by atoms with E-state index in [9.17, 15) is 9.59 Å². The number of carbonyl (C=O) groups is 1. The van der Waals surface area contributed by atoms with Crippen LogP contribution < -0.4 is 25.8 Å². The van der Waals surface area contributed by atoms with E-state index < -0.39 is 0 Å². The van der Waals surface area contributed by atoms with Crippen LogP contribution in [0.15, 0.2) is 72.2 Å². The van der Waals surface area contributed by atoms with Gasteiger partial charge in [0.1, 0.15) is 17.0 Å². The predicted molar refractivity (Wildman–Crippen MR) is 168 cm³/mol. The Balaban J connectivity index is 1.36. The topological polar surface area (TPSA) is 118 Å². The van der Waals surface area contributed by atoms with Crippen LogP contribution in [0.4, 0.5) is 17.3 Å². The van der Waals surface area contributed by atoms with Crippen molar-refractivity contribution in [3.05, 3.63) is 77.7 Å². The van der Waals surface area contributed by atoms with E-state index in [0.717, 1.165) is 50.3 Å². The molecule has 4 aromatic rings.